The number of carboxylic acids is 1. The number of carboxylic acid groups (broad SMARTS) is 1. The van der Waals surface area contributed by atoms with Gasteiger partial charge in [-0.05, 0) is 24.8 Å². The zero-order valence-corrected chi connectivity index (χ0v) is 7.29. The molecule has 1 heterocycles. The third kappa shape index (κ3) is 1.04. The summed E-state index contributed by atoms with van der Waals surface area (Å²) >= 11 is 0. The SMILES string of the molecule is CCCC1NCC2C(C(=O)O)C12. The largest absolute Gasteiger partial charge is 0.481 e. The van der Waals surface area contributed by atoms with Gasteiger partial charge in [0, 0.05) is 6.04 Å². The van der Waals surface area contributed by atoms with E-state index in [4.69, 9.17) is 5.11 Å². The summed E-state index contributed by atoms with van der Waals surface area (Å²) in [5.41, 5.74) is 0. The molecule has 2 rings (SSSR count). The molecular formula is C9H15NO2. The molecule has 1 saturated heterocycles. The van der Waals surface area contributed by atoms with E-state index in [2.05, 4.69) is 12.2 Å². The van der Waals surface area contributed by atoms with Crippen LogP contribution in [0.25, 0.3) is 0 Å². The van der Waals surface area contributed by atoms with Crippen LogP contribution in [-0.2, 0) is 4.79 Å². The minimum absolute atomic E-state index is 0.0252. The van der Waals surface area contributed by atoms with Crippen molar-refractivity contribution in [3.05, 3.63) is 0 Å². The summed E-state index contributed by atoms with van der Waals surface area (Å²) in [6, 6.07) is 0.487. The summed E-state index contributed by atoms with van der Waals surface area (Å²) in [4.78, 5) is 10.7. The Morgan fingerprint density at radius 3 is 2.92 bits per heavy atom. The molecule has 12 heavy (non-hydrogen) atoms. The van der Waals surface area contributed by atoms with Crippen molar-refractivity contribution < 1.29 is 9.90 Å². The Kier molecular flexibility index (Phi) is 1.83. The lowest BCUT2D eigenvalue weighted by molar-refractivity contribution is -0.139. The lowest BCUT2D eigenvalue weighted by Crippen LogP contribution is -2.29. The number of rotatable bonds is 3. The van der Waals surface area contributed by atoms with Crippen molar-refractivity contribution in [1.82, 2.24) is 5.32 Å². The van der Waals surface area contributed by atoms with Gasteiger partial charge in [0.25, 0.3) is 0 Å². The maximum atomic E-state index is 10.7. The lowest BCUT2D eigenvalue weighted by Gasteiger charge is -2.12. The van der Waals surface area contributed by atoms with Crippen LogP contribution in [0.2, 0.25) is 0 Å². The summed E-state index contributed by atoms with van der Waals surface area (Å²) in [7, 11) is 0. The first-order valence-electron chi connectivity index (χ1n) is 4.72. The highest BCUT2D eigenvalue weighted by Gasteiger charge is 2.61. The molecule has 4 atom stereocenters. The maximum Gasteiger partial charge on any atom is 0.307 e. The molecule has 0 amide bonds. The van der Waals surface area contributed by atoms with Gasteiger partial charge in [0.2, 0.25) is 0 Å². The summed E-state index contributed by atoms with van der Waals surface area (Å²) < 4.78 is 0. The Hall–Kier alpha value is -0.570. The van der Waals surface area contributed by atoms with Crippen LogP contribution in [0.4, 0.5) is 0 Å². The molecule has 1 aliphatic carbocycles. The molecule has 0 radical (unpaired) electrons. The van der Waals surface area contributed by atoms with Crippen molar-refractivity contribution >= 4 is 5.97 Å². The Morgan fingerprint density at radius 1 is 1.67 bits per heavy atom. The topological polar surface area (TPSA) is 49.3 Å². The van der Waals surface area contributed by atoms with Crippen molar-refractivity contribution in [2.24, 2.45) is 17.8 Å². The predicted molar refractivity (Wildman–Crippen MR) is 44.8 cm³/mol. The van der Waals surface area contributed by atoms with Gasteiger partial charge in [-0.2, -0.15) is 0 Å². The summed E-state index contributed by atoms with van der Waals surface area (Å²) in [6.45, 7) is 3.07. The molecule has 0 aromatic heterocycles. The monoisotopic (exact) mass is 169 g/mol. The zero-order chi connectivity index (χ0) is 8.72. The number of hydrogen-bond acceptors (Lipinski definition) is 2. The van der Waals surface area contributed by atoms with Gasteiger partial charge in [-0.3, -0.25) is 4.79 Å². The second kappa shape index (κ2) is 2.73. The van der Waals surface area contributed by atoms with E-state index in [1.54, 1.807) is 0 Å². The molecular weight excluding hydrogens is 154 g/mol. The molecule has 0 bridgehead atoms. The first kappa shape index (κ1) is 8.05. The van der Waals surface area contributed by atoms with E-state index in [9.17, 15) is 4.79 Å². The van der Waals surface area contributed by atoms with Gasteiger partial charge in [0.05, 0.1) is 5.92 Å². The Bertz CT molecular complexity index is 205. The van der Waals surface area contributed by atoms with E-state index in [0.717, 1.165) is 19.4 Å². The van der Waals surface area contributed by atoms with Crippen LogP contribution < -0.4 is 5.32 Å². The molecule has 0 spiro atoms. The molecule has 0 aromatic carbocycles. The molecule has 68 valence electrons. The van der Waals surface area contributed by atoms with Crippen molar-refractivity contribution in [3.63, 3.8) is 0 Å². The third-order valence-electron chi connectivity index (χ3n) is 3.19. The highest BCUT2D eigenvalue weighted by atomic mass is 16.4. The van der Waals surface area contributed by atoms with E-state index in [-0.39, 0.29) is 5.92 Å². The minimum Gasteiger partial charge on any atom is -0.481 e. The number of piperidine rings is 1. The van der Waals surface area contributed by atoms with E-state index < -0.39 is 5.97 Å². The van der Waals surface area contributed by atoms with Crippen molar-refractivity contribution in [3.8, 4) is 0 Å². The fourth-order valence-corrected chi connectivity index (χ4v) is 2.59. The Labute approximate surface area is 72.2 Å². The highest BCUT2D eigenvalue weighted by Crippen LogP contribution is 2.52. The molecule has 3 nitrogen and oxygen atoms in total. The van der Waals surface area contributed by atoms with Gasteiger partial charge in [-0.15, -0.1) is 0 Å². The Balaban J connectivity index is 1.93. The molecule has 0 aromatic rings. The molecule has 1 saturated carbocycles. The minimum atomic E-state index is -0.590. The van der Waals surface area contributed by atoms with Crippen molar-refractivity contribution in [2.75, 3.05) is 6.54 Å². The molecule has 1 aliphatic heterocycles. The first-order valence-corrected chi connectivity index (χ1v) is 4.72. The number of nitrogens with one attached hydrogen (secondary N) is 1. The van der Waals surface area contributed by atoms with E-state index >= 15 is 0 Å². The average molecular weight is 169 g/mol. The van der Waals surface area contributed by atoms with Crippen LogP contribution in [0, 0.1) is 17.8 Å². The standard InChI is InChI=1S/C9H15NO2/c1-2-3-6-7-5(4-10-6)8(7)9(11)12/h5-8,10H,2-4H2,1H3,(H,11,12). The van der Waals surface area contributed by atoms with Crippen LogP contribution in [0.15, 0.2) is 0 Å². The fraction of sp³-hybridized carbons (Fsp3) is 0.889. The zero-order valence-electron chi connectivity index (χ0n) is 7.29. The first-order chi connectivity index (χ1) is 5.75. The van der Waals surface area contributed by atoms with E-state index in [0.29, 0.717) is 17.9 Å². The number of carbonyl (C=O) groups is 1. The van der Waals surface area contributed by atoms with Gasteiger partial charge >= 0.3 is 5.97 Å². The Morgan fingerprint density at radius 2 is 2.42 bits per heavy atom. The number of fused-ring (bicyclic) bond motifs is 1. The van der Waals surface area contributed by atoms with Crippen LogP contribution in [0.3, 0.4) is 0 Å². The van der Waals surface area contributed by atoms with Crippen molar-refractivity contribution in [2.45, 2.75) is 25.8 Å². The van der Waals surface area contributed by atoms with Crippen LogP contribution >= 0.6 is 0 Å². The highest BCUT2D eigenvalue weighted by molar-refractivity contribution is 5.75. The molecule has 2 N–H and O–H groups in total. The van der Waals surface area contributed by atoms with Gasteiger partial charge < -0.3 is 10.4 Å². The molecule has 2 fully saturated rings. The normalized spacial score (nSPS) is 44.1. The van der Waals surface area contributed by atoms with Crippen LogP contribution in [-0.4, -0.2) is 23.7 Å². The summed E-state index contributed by atoms with van der Waals surface area (Å²) in [6.07, 6.45) is 2.28. The number of hydrogen-bond donors (Lipinski definition) is 2. The predicted octanol–water partition coefficient (Wildman–Crippen LogP) is 0.705. The quantitative estimate of drug-likeness (QED) is 0.654. The van der Waals surface area contributed by atoms with Crippen LogP contribution in [0.1, 0.15) is 19.8 Å². The molecule has 2 aliphatic rings. The van der Waals surface area contributed by atoms with Gasteiger partial charge in [-0.25, -0.2) is 0 Å². The van der Waals surface area contributed by atoms with Gasteiger partial charge in [0.1, 0.15) is 0 Å². The molecule has 3 heteroatoms. The van der Waals surface area contributed by atoms with Crippen LogP contribution in [0.5, 0.6) is 0 Å². The van der Waals surface area contributed by atoms with E-state index in [1.807, 2.05) is 0 Å². The average Bonchev–Trinajstić information content (AvgIpc) is 2.62. The number of aliphatic carboxylic acids is 1. The summed E-state index contributed by atoms with van der Waals surface area (Å²) in [5.74, 6) is 0.275. The van der Waals surface area contributed by atoms with Crippen molar-refractivity contribution in [1.29, 1.82) is 0 Å². The molecule has 4 unspecified atom stereocenters. The van der Waals surface area contributed by atoms with Gasteiger partial charge in [-0.1, -0.05) is 13.3 Å². The van der Waals surface area contributed by atoms with E-state index in [1.165, 1.54) is 0 Å². The fourth-order valence-electron chi connectivity index (χ4n) is 2.59. The maximum absolute atomic E-state index is 10.7. The summed E-state index contributed by atoms with van der Waals surface area (Å²) in [5, 5.41) is 12.2. The smallest absolute Gasteiger partial charge is 0.307 e. The van der Waals surface area contributed by atoms with Gasteiger partial charge in [0.15, 0.2) is 0 Å². The lowest BCUT2D eigenvalue weighted by atomic mass is 10.1. The third-order valence-corrected chi connectivity index (χ3v) is 3.19. The second-order valence-corrected chi connectivity index (χ2v) is 3.91. The second-order valence-electron chi connectivity index (χ2n) is 3.91.